The molecule has 0 aromatic carbocycles. The lowest BCUT2D eigenvalue weighted by atomic mass is 10.1. The quantitative estimate of drug-likeness (QED) is 0.462. The predicted octanol–water partition coefficient (Wildman–Crippen LogP) is 0.980. The maximum atomic E-state index is 11.4. The van der Waals surface area contributed by atoms with Gasteiger partial charge in [0.2, 0.25) is 0 Å². The molecule has 68 valence electrons. The Morgan fingerprint density at radius 1 is 1.38 bits per heavy atom. The third-order valence-corrected chi connectivity index (χ3v) is 2.97. The Balaban J connectivity index is 2.20. The second kappa shape index (κ2) is 3.38. The number of hydrogen-bond acceptors (Lipinski definition) is 4. The number of ketones is 2. The number of rotatable bonds is 0. The zero-order chi connectivity index (χ0) is 9.26. The van der Waals surface area contributed by atoms with Crippen molar-refractivity contribution in [2.45, 2.75) is 12.8 Å². The van der Waals surface area contributed by atoms with E-state index in [0.29, 0.717) is 12.2 Å². The van der Waals surface area contributed by atoms with Crippen LogP contribution in [0.25, 0.3) is 0 Å². The number of allylic oxidation sites excluding steroid dienone is 3. The van der Waals surface area contributed by atoms with Crippen molar-refractivity contribution in [1.82, 2.24) is 5.32 Å². The van der Waals surface area contributed by atoms with E-state index >= 15 is 0 Å². The Labute approximate surface area is 80.3 Å². The molecule has 2 heterocycles. The number of carbonyl (C=O) groups is 2. The molecular weight excluding hydrogens is 186 g/mol. The van der Waals surface area contributed by atoms with Gasteiger partial charge in [-0.15, -0.1) is 11.8 Å². The second-order valence-corrected chi connectivity index (χ2v) is 3.98. The highest BCUT2D eigenvalue weighted by Gasteiger charge is 2.24. The number of carbonyl (C=O) groups excluding carboxylic acids is 2. The predicted molar refractivity (Wildman–Crippen MR) is 51.0 cm³/mol. The molecule has 2 aliphatic heterocycles. The molecule has 0 aromatic heterocycles. The highest BCUT2D eigenvalue weighted by Crippen LogP contribution is 2.31. The molecule has 0 radical (unpaired) electrons. The van der Waals surface area contributed by atoms with Gasteiger partial charge < -0.3 is 5.32 Å². The summed E-state index contributed by atoms with van der Waals surface area (Å²) in [7, 11) is 0. The molecule has 13 heavy (non-hydrogen) atoms. The fourth-order valence-corrected chi connectivity index (χ4v) is 2.22. The Morgan fingerprint density at radius 2 is 2.23 bits per heavy atom. The molecule has 0 spiro atoms. The average molecular weight is 195 g/mol. The number of hydrogen-bond donors (Lipinski definition) is 1. The molecule has 2 rings (SSSR count). The van der Waals surface area contributed by atoms with Crippen molar-refractivity contribution in [1.29, 1.82) is 0 Å². The normalized spacial score (nSPS) is 28.0. The van der Waals surface area contributed by atoms with Gasteiger partial charge in [-0.1, -0.05) is 6.08 Å². The van der Waals surface area contributed by atoms with Crippen molar-refractivity contribution >= 4 is 23.3 Å². The van der Waals surface area contributed by atoms with E-state index in [1.165, 1.54) is 0 Å². The Bertz CT molecular complexity index is 321. The zero-order valence-corrected chi connectivity index (χ0v) is 7.82. The summed E-state index contributed by atoms with van der Waals surface area (Å²) >= 11 is 1.56. The second-order valence-electron chi connectivity index (χ2n) is 2.98. The Morgan fingerprint density at radius 3 is 2.85 bits per heavy atom. The van der Waals surface area contributed by atoms with Crippen molar-refractivity contribution in [3.05, 3.63) is 22.1 Å². The van der Waals surface area contributed by atoms with Crippen molar-refractivity contribution in [2.75, 3.05) is 6.54 Å². The number of thioether (sulfide) groups is 1. The first-order chi connectivity index (χ1) is 6.27. The zero-order valence-electron chi connectivity index (χ0n) is 7.00. The van der Waals surface area contributed by atoms with Crippen LogP contribution in [-0.4, -0.2) is 18.1 Å². The van der Waals surface area contributed by atoms with E-state index in [-0.39, 0.29) is 18.0 Å². The van der Waals surface area contributed by atoms with Crippen LogP contribution in [-0.2, 0) is 9.59 Å². The van der Waals surface area contributed by atoms with Gasteiger partial charge in [-0.3, -0.25) is 9.59 Å². The summed E-state index contributed by atoms with van der Waals surface area (Å²) in [5, 5.41) is 4.85. The van der Waals surface area contributed by atoms with E-state index in [2.05, 4.69) is 5.32 Å². The molecule has 0 amide bonds. The van der Waals surface area contributed by atoms with E-state index in [1.807, 2.05) is 11.5 Å². The van der Waals surface area contributed by atoms with E-state index < -0.39 is 0 Å². The summed E-state index contributed by atoms with van der Waals surface area (Å²) in [6.07, 6.45) is 2.89. The van der Waals surface area contributed by atoms with Crippen LogP contribution in [0.3, 0.4) is 0 Å². The summed E-state index contributed by atoms with van der Waals surface area (Å²) in [6, 6.07) is 0. The maximum absolute atomic E-state index is 11.4. The molecular formula is C9H9NO2S. The van der Waals surface area contributed by atoms with Crippen molar-refractivity contribution in [3.63, 3.8) is 0 Å². The molecule has 4 heteroatoms. The van der Waals surface area contributed by atoms with Gasteiger partial charge in [0, 0.05) is 4.91 Å². The maximum Gasteiger partial charge on any atom is 0.186 e. The van der Waals surface area contributed by atoms with Gasteiger partial charge >= 0.3 is 0 Å². The van der Waals surface area contributed by atoms with Gasteiger partial charge in [-0.2, -0.15) is 0 Å². The summed E-state index contributed by atoms with van der Waals surface area (Å²) in [4.78, 5) is 23.4. The van der Waals surface area contributed by atoms with Crippen molar-refractivity contribution in [2.24, 2.45) is 0 Å². The van der Waals surface area contributed by atoms with E-state index in [1.54, 1.807) is 11.8 Å². The van der Waals surface area contributed by atoms with Gasteiger partial charge in [-0.25, -0.2) is 0 Å². The molecule has 0 aromatic rings. The third kappa shape index (κ3) is 1.67. The molecule has 2 aliphatic rings. The molecule has 3 nitrogen and oxygen atoms in total. The Hall–Kier alpha value is -1.03. The average Bonchev–Trinajstić information content (AvgIpc) is 2.56. The van der Waals surface area contributed by atoms with Gasteiger partial charge in [0.15, 0.2) is 11.6 Å². The number of Topliss-reactive ketones (excluding diaryl/α,β-unsaturated/α-hetero) is 2. The van der Waals surface area contributed by atoms with Gasteiger partial charge in [0.25, 0.3) is 0 Å². The molecule has 1 N–H and O–H groups in total. The molecule has 0 aliphatic carbocycles. The standard InChI is InChI=1S/C9H9NO2S/c11-6-4-7(12)9(10-5-6)8-2-1-3-13-8/h1,3,10H,2,4-5H2. The lowest BCUT2D eigenvalue weighted by Gasteiger charge is -2.16. The van der Waals surface area contributed by atoms with Crippen LogP contribution >= 0.6 is 11.8 Å². The number of nitrogens with one attached hydrogen (secondary N) is 1. The van der Waals surface area contributed by atoms with E-state index in [9.17, 15) is 9.59 Å². The van der Waals surface area contributed by atoms with Crippen LogP contribution in [0.2, 0.25) is 0 Å². The van der Waals surface area contributed by atoms with Crippen LogP contribution in [0, 0.1) is 0 Å². The summed E-state index contributed by atoms with van der Waals surface area (Å²) in [5.74, 6) is -0.0900. The van der Waals surface area contributed by atoms with Crippen molar-refractivity contribution < 1.29 is 9.59 Å². The van der Waals surface area contributed by atoms with Crippen LogP contribution in [0.4, 0.5) is 0 Å². The Kier molecular flexibility index (Phi) is 2.22. The minimum absolute atomic E-state index is 0.0229. The minimum Gasteiger partial charge on any atom is -0.374 e. The van der Waals surface area contributed by atoms with Gasteiger partial charge in [0.1, 0.15) is 0 Å². The fraction of sp³-hybridized carbons (Fsp3) is 0.333. The van der Waals surface area contributed by atoms with Gasteiger partial charge in [-0.05, 0) is 11.8 Å². The van der Waals surface area contributed by atoms with Crippen LogP contribution in [0.5, 0.6) is 0 Å². The summed E-state index contributed by atoms with van der Waals surface area (Å²) < 4.78 is 0. The fourth-order valence-electron chi connectivity index (χ4n) is 1.36. The van der Waals surface area contributed by atoms with E-state index in [4.69, 9.17) is 0 Å². The highest BCUT2D eigenvalue weighted by molar-refractivity contribution is 8.06. The molecule has 0 unspecified atom stereocenters. The SMILES string of the molecule is O=C1CNC(=C2CC=CS2)C(=O)C1. The smallest absolute Gasteiger partial charge is 0.186 e. The summed E-state index contributed by atoms with van der Waals surface area (Å²) in [5.41, 5.74) is 0.648. The van der Waals surface area contributed by atoms with Crippen LogP contribution < -0.4 is 5.32 Å². The number of piperidine rings is 1. The monoisotopic (exact) mass is 195 g/mol. The van der Waals surface area contributed by atoms with E-state index in [0.717, 1.165) is 11.3 Å². The van der Waals surface area contributed by atoms with Crippen LogP contribution in [0.15, 0.2) is 22.1 Å². The third-order valence-electron chi connectivity index (χ3n) is 1.99. The lowest BCUT2D eigenvalue weighted by molar-refractivity contribution is -0.126. The largest absolute Gasteiger partial charge is 0.374 e. The minimum atomic E-state index is -0.0672. The van der Waals surface area contributed by atoms with Gasteiger partial charge in [0.05, 0.1) is 18.7 Å². The first kappa shape index (κ1) is 8.56. The topological polar surface area (TPSA) is 46.2 Å². The first-order valence-electron chi connectivity index (χ1n) is 4.11. The molecule has 0 atom stereocenters. The molecule has 1 saturated heterocycles. The first-order valence-corrected chi connectivity index (χ1v) is 4.99. The summed E-state index contributed by atoms with van der Waals surface area (Å²) in [6.45, 7) is 0.297. The highest BCUT2D eigenvalue weighted by atomic mass is 32.2. The van der Waals surface area contributed by atoms with Crippen molar-refractivity contribution in [3.8, 4) is 0 Å². The molecule has 1 fully saturated rings. The molecule has 0 saturated carbocycles. The van der Waals surface area contributed by atoms with Crippen LogP contribution in [0.1, 0.15) is 12.8 Å². The molecule has 0 bridgehead atoms. The lowest BCUT2D eigenvalue weighted by Crippen LogP contribution is -2.35.